The van der Waals surface area contributed by atoms with E-state index in [1.165, 1.54) is 13.1 Å². The van der Waals surface area contributed by atoms with Crippen LogP contribution in [0.1, 0.15) is 37.6 Å². The van der Waals surface area contributed by atoms with Crippen LogP contribution in [0.5, 0.6) is 0 Å². The first-order valence-electron chi connectivity index (χ1n) is 4.81. The van der Waals surface area contributed by atoms with Gasteiger partial charge in [-0.25, -0.2) is 0 Å². The molecule has 4 nitrogen and oxygen atoms in total. The third kappa shape index (κ3) is 2.01. The Morgan fingerprint density at radius 2 is 2.29 bits per heavy atom. The van der Waals surface area contributed by atoms with E-state index in [1.54, 1.807) is 17.8 Å². The molecule has 4 heteroatoms. The van der Waals surface area contributed by atoms with E-state index in [2.05, 4.69) is 5.10 Å². The molecule has 0 amide bonds. The van der Waals surface area contributed by atoms with Crippen molar-refractivity contribution in [2.45, 2.75) is 39.3 Å². The fourth-order valence-electron chi connectivity index (χ4n) is 1.13. The number of hydrogen-bond acceptors (Lipinski definition) is 3. The Morgan fingerprint density at radius 1 is 1.64 bits per heavy atom. The molecule has 1 aromatic heterocycles. The molecular formula is C10H16N2O2. The number of hydrogen-bond donors (Lipinski definition) is 1. The minimum absolute atomic E-state index is 0.264. The Kier molecular flexibility index (Phi) is 3.06. The lowest BCUT2D eigenvalue weighted by Crippen LogP contribution is -2.33. The first-order chi connectivity index (χ1) is 6.51. The number of carbonyl (C=O) groups excluding carboxylic acids is 1. The quantitative estimate of drug-likeness (QED) is 0.737. The fourth-order valence-corrected chi connectivity index (χ4v) is 1.13. The Balaban J connectivity index is 2.89. The van der Waals surface area contributed by atoms with Crippen LogP contribution in [-0.4, -0.2) is 26.3 Å². The average Bonchev–Trinajstić information content (AvgIpc) is 2.64. The Hall–Kier alpha value is -1.16. The lowest BCUT2D eigenvalue weighted by atomic mass is 9.94. The molecule has 0 bridgehead atoms. The number of aryl methyl sites for hydroxylation is 1. The van der Waals surface area contributed by atoms with E-state index >= 15 is 0 Å². The molecule has 78 valence electrons. The maximum absolute atomic E-state index is 11.7. The molecule has 0 aliphatic carbocycles. The maximum atomic E-state index is 11.7. The van der Waals surface area contributed by atoms with Gasteiger partial charge in [0.1, 0.15) is 5.60 Å². The molecule has 14 heavy (non-hydrogen) atoms. The summed E-state index contributed by atoms with van der Waals surface area (Å²) in [7, 11) is 0. The predicted octanol–water partition coefficient (Wildman–Crippen LogP) is 1.25. The highest BCUT2D eigenvalue weighted by Gasteiger charge is 2.29. The van der Waals surface area contributed by atoms with Crippen molar-refractivity contribution in [2.24, 2.45) is 0 Å². The van der Waals surface area contributed by atoms with Gasteiger partial charge in [-0.15, -0.1) is 0 Å². The fraction of sp³-hybridized carbons (Fsp3) is 0.600. The van der Waals surface area contributed by atoms with Crippen molar-refractivity contribution >= 4 is 5.78 Å². The molecule has 0 aliphatic rings. The first-order valence-corrected chi connectivity index (χ1v) is 4.81. The highest BCUT2D eigenvalue weighted by molar-refractivity contribution is 6.01. The molecule has 1 rings (SSSR count). The number of Topliss-reactive ketones (excluding diaryl/α,β-unsaturated/α-hetero) is 1. The minimum atomic E-state index is -1.28. The summed E-state index contributed by atoms with van der Waals surface area (Å²) in [6.45, 7) is 5.97. The van der Waals surface area contributed by atoms with Crippen molar-refractivity contribution in [3.05, 3.63) is 18.0 Å². The van der Waals surface area contributed by atoms with Crippen LogP contribution in [0.3, 0.4) is 0 Å². The molecule has 0 saturated carbocycles. The van der Waals surface area contributed by atoms with Crippen molar-refractivity contribution in [3.63, 3.8) is 0 Å². The number of ketones is 1. The van der Waals surface area contributed by atoms with E-state index in [1.807, 2.05) is 6.92 Å². The monoisotopic (exact) mass is 196 g/mol. The molecule has 0 aromatic carbocycles. The standard InChI is InChI=1S/C10H16N2O2/c1-4-10(3,14)9(13)8-6-11-12(5-2)7-8/h6-7,14H,4-5H2,1-3H3. The molecule has 0 radical (unpaired) electrons. The van der Waals surface area contributed by atoms with Crippen LogP contribution >= 0.6 is 0 Å². The number of rotatable bonds is 4. The van der Waals surface area contributed by atoms with Crippen LogP contribution in [0.15, 0.2) is 12.4 Å². The van der Waals surface area contributed by atoms with Gasteiger partial charge in [-0.05, 0) is 20.3 Å². The van der Waals surface area contributed by atoms with E-state index in [0.717, 1.165) is 6.54 Å². The number of carbonyl (C=O) groups is 1. The first kappa shape index (κ1) is 10.9. The zero-order chi connectivity index (χ0) is 10.8. The normalized spacial score (nSPS) is 15.1. The van der Waals surface area contributed by atoms with Gasteiger partial charge in [0, 0.05) is 12.7 Å². The lowest BCUT2D eigenvalue weighted by molar-refractivity contribution is 0.0390. The van der Waals surface area contributed by atoms with Gasteiger partial charge in [0.25, 0.3) is 0 Å². The molecule has 1 N–H and O–H groups in total. The second kappa shape index (κ2) is 3.92. The van der Waals surface area contributed by atoms with Crippen molar-refractivity contribution < 1.29 is 9.90 Å². The zero-order valence-electron chi connectivity index (χ0n) is 8.82. The molecule has 1 heterocycles. The lowest BCUT2D eigenvalue weighted by Gasteiger charge is -2.18. The Labute approximate surface area is 83.5 Å². The number of nitrogens with zero attached hydrogens (tertiary/aromatic N) is 2. The molecular weight excluding hydrogens is 180 g/mol. The van der Waals surface area contributed by atoms with Gasteiger partial charge in [0.2, 0.25) is 0 Å². The van der Waals surface area contributed by atoms with Crippen molar-refractivity contribution in [3.8, 4) is 0 Å². The molecule has 0 saturated heterocycles. The van der Waals surface area contributed by atoms with Crippen molar-refractivity contribution in [2.75, 3.05) is 0 Å². The van der Waals surface area contributed by atoms with Crippen LogP contribution < -0.4 is 0 Å². The summed E-state index contributed by atoms with van der Waals surface area (Å²) in [4.78, 5) is 11.7. The largest absolute Gasteiger partial charge is 0.382 e. The van der Waals surface area contributed by atoms with E-state index in [-0.39, 0.29) is 5.78 Å². The zero-order valence-corrected chi connectivity index (χ0v) is 8.82. The van der Waals surface area contributed by atoms with Crippen LogP contribution in [-0.2, 0) is 6.54 Å². The molecule has 1 aromatic rings. The third-order valence-corrected chi connectivity index (χ3v) is 2.40. The summed E-state index contributed by atoms with van der Waals surface area (Å²) in [6.07, 6.45) is 3.56. The second-order valence-corrected chi connectivity index (χ2v) is 3.54. The minimum Gasteiger partial charge on any atom is -0.382 e. The van der Waals surface area contributed by atoms with Crippen LogP contribution in [0, 0.1) is 0 Å². The van der Waals surface area contributed by atoms with Gasteiger partial charge in [0.05, 0.1) is 11.8 Å². The van der Waals surface area contributed by atoms with E-state index < -0.39 is 5.60 Å². The van der Waals surface area contributed by atoms with Gasteiger partial charge in [0.15, 0.2) is 5.78 Å². The summed E-state index contributed by atoms with van der Waals surface area (Å²) >= 11 is 0. The van der Waals surface area contributed by atoms with Crippen molar-refractivity contribution in [1.82, 2.24) is 9.78 Å². The van der Waals surface area contributed by atoms with Crippen LogP contribution in [0.4, 0.5) is 0 Å². The molecule has 1 unspecified atom stereocenters. The van der Waals surface area contributed by atoms with Gasteiger partial charge >= 0.3 is 0 Å². The van der Waals surface area contributed by atoms with Gasteiger partial charge < -0.3 is 5.11 Å². The summed E-state index contributed by atoms with van der Waals surface area (Å²) in [6, 6.07) is 0. The predicted molar refractivity (Wildman–Crippen MR) is 53.1 cm³/mol. The van der Waals surface area contributed by atoms with E-state index in [4.69, 9.17) is 0 Å². The molecule has 0 aliphatic heterocycles. The molecule has 1 atom stereocenters. The van der Waals surface area contributed by atoms with Gasteiger partial charge in [-0.1, -0.05) is 6.92 Å². The second-order valence-electron chi connectivity index (χ2n) is 3.54. The summed E-state index contributed by atoms with van der Waals surface area (Å²) < 4.78 is 1.67. The maximum Gasteiger partial charge on any atom is 0.197 e. The van der Waals surface area contributed by atoms with E-state index in [9.17, 15) is 9.90 Å². The van der Waals surface area contributed by atoms with Crippen LogP contribution in [0.25, 0.3) is 0 Å². The third-order valence-electron chi connectivity index (χ3n) is 2.40. The number of aromatic nitrogens is 2. The topological polar surface area (TPSA) is 55.1 Å². The highest BCUT2D eigenvalue weighted by atomic mass is 16.3. The summed E-state index contributed by atoms with van der Waals surface area (Å²) in [5.41, 5.74) is -0.805. The Morgan fingerprint density at radius 3 is 2.71 bits per heavy atom. The smallest absolute Gasteiger partial charge is 0.197 e. The summed E-state index contributed by atoms with van der Waals surface area (Å²) in [5, 5.41) is 13.7. The van der Waals surface area contributed by atoms with Gasteiger partial charge in [-0.2, -0.15) is 5.10 Å². The average molecular weight is 196 g/mol. The van der Waals surface area contributed by atoms with Crippen molar-refractivity contribution in [1.29, 1.82) is 0 Å². The van der Waals surface area contributed by atoms with E-state index in [0.29, 0.717) is 12.0 Å². The highest BCUT2D eigenvalue weighted by Crippen LogP contribution is 2.15. The van der Waals surface area contributed by atoms with Crippen LogP contribution in [0.2, 0.25) is 0 Å². The SMILES string of the molecule is CCn1cc(C(=O)C(C)(O)CC)cn1. The number of aliphatic hydroxyl groups is 1. The van der Waals surface area contributed by atoms with Gasteiger partial charge in [-0.3, -0.25) is 9.48 Å². The molecule has 0 fully saturated rings. The Bertz CT molecular complexity index is 329. The molecule has 0 spiro atoms. The summed E-state index contributed by atoms with van der Waals surface area (Å²) in [5.74, 6) is -0.264.